The number of para-hydroxylation sites is 1. The van der Waals surface area contributed by atoms with Crippen LogP contribution in [-0.4, -0.2) is 46.5 Å². The number of nitrogens with one attached hydrogen (secondary N) is 1. The number of carbonyl (C=O) groups excluding carboxylic acids is 1. The average molecular weight is 368 g/mol. The van der Waals surface area contributed by atoms with Crippen molar-refractivity contribution in [1.29, 1.82) is 0 Å². The standard InChI is InChI=1S/C21H28N4O2/c1-15-18(23-25(19(15)22-5)17-9-7-6-8-10-17)16-11-13-24(14-12-16)20(26)27-21(2,3)4/h6-11,22H,12-14H2,1-5H3. The molecule has 1 N–H and O–H groups in total. The molecule has 6 nitrogen and oxygen atoms in total. The summed E-state index contributed by atoms with van der Waals surface area (Å²) in [6.07, 6.45) is 2.58. The molecule has 1 aromatic heterocycles. The molecular formula is C21H28N4O2. The molecule has 3 rings (SSSR count). The number of rotatable bonds is 3. The molecule has 0 aliphatic carbocycles. The van der Waals surface area contributed by atoms with E-state index in [1.54, 1.807) is 4.90 Å². The van der Waals surface area contributed by atoms with E-state index in [1.165, 1.54) is 5.57 Å². The van der Waals surface area contributed by atoms with Crippen molar-refractivity contribution in [2.75, 3.05) is 25.5 Å². The summed E-state index contributed by atoms with van der Waals surface area (Å²) in [6, 6.07) is 10.1. The Labute approximate surface area is 160 Å². The van der Waals surface area contributed by atoms with Gasteiger partial charge < -0.3 is 15.0 Å². The SMILES string of the molecule is CNc1c(C)c(C2=CCN(C(=O)OC(C)(C)C)CC2)nn1-c1ccccc1. The van der Waals surface area contributed by atoms with Gasteiger partial charge in [0.05, 0.1) is 11.4 Å². The molecule has 144 valence electrons. The lowest BCUT2D eigenvalue weighted by Crippen LogP contribution is -2.39. The highest BCUT2D eigenvalue weighted by molar-refractivity contribution is 5.74. The zero-order valence-corrected chi connectivity index (χ0v) is 16.7. The number of carbonyl (C=O) groups is 1. The van der Waals surface area contributed by atoms with E-state index in [1.807, 2.05) is 62.8 Å². The van der Waals surface area contributed by atoms with Crippen molar-refractivity contribution in [2.45, 2.75) is 39.7 Å². The van der Waals surface area contributed by atoms with E-state index in [-0.39, 0.29) is 6.09 Å². The van der Waals surface area contributed by atoms with E-state index in [2.05, 4.69) is 18.3 Å². The van der Waals surface area contributed by atoms with Crippen LogP contribution in [0, 0.1) is 6.92 Å². The normalized spacial score (nSPS) is 14.7. The Morgan fingerprint density at radius 1 is 1.22 bits per heavy atom. The molecule has 1 amide bonds. The molecule has 1 aliphatic heterocycles. The first kappa shape index (κ1) is 19.0. The molecule has 0 unspecified atom stereocenters. The molecule has 0 saturated heterocycles. The van der Waals surface area contributed by atoms with E-state index in [0.29, 0.717) is 13.1 Å². The summed E-state index contributed by atoms with van der Waals surface area (Å²) in [5.74, 6) is 0.978. The quantitative estimate of drug-likeness (QED) is 0.880. The maximum absolute atomic E-state index is 12.3. The molecule has 0 fully saturated rings. The number of amides is 1. The summed E-state index contributed by atoms with van der Waals surface area (Å²) in [4.78, 5) is 14.0. The van der Waals surface area contributed by atoms with Gasteiger partial charge in [-0.15, -0.1) is 0 Å². The summed E-state index contributed by atoms with van der Waals surface area (Å²) in [5.41, 5.74) is 3.79. The van der Waals surface area contributed by atoms with Gasteiger partial charge in [0, 0.05) is 25.7 Å². The van der Waals surface area contributed by atoms with Crippen LogP contribution in [0.15, 0.2) is 36.4 Å². The number of hydrogen-bond acceptors (Lipinski definition) is 4. The molecule has 0 spiro atoms. The van der Waals surface area contributed by atoms with E-state index < -0.39 is 5.60 Å². The topological polar surface area (TPSA) is 59.4 Å². The van der Waals surface area contributed by atoms with Crippen LogP contribution >= 0.6 is 0 Å². The molecule has 0 saturated carbocycles. The first-order valence-electron chi connectivity index (χ1n) is 9.30. The van der Waals surface area contributed by atoms with Gasteiger partial charge in [-0.25, -0.2) is 9.48 Å². The fraction of sp³-hybridized carbons (Fsp3) is 0.429. The molecule has 0 atom stereocenters. The van der Waals surface area contributed by atoms with Gasteiger partial charge in [-0.05, 0) is 51.8 Å². The van der Waals surface area contributed by atoms with E-state index >= 15 is 0 Å². The third kappa shape index (κ3) is 4.15. The second-order valence-electron chi connectivity index (χ2n) is 7.73. The maximum atomic E-state index is 12.3. The Balaban J connectivity index is 1.84. The smallest absolute Gasteiger partial charge is 0.410 e. The molecule has 6 heteroatoms. The molecule has 0 bridgehead atoms. The van der Waals surface area contributed by atoms with Gasteiger partial charge in [0.1, 0.15) is 11.4 Å². The van der Waals surface area contributed by atoms with Gasteiger partial charge in [0.25, 0.3) is 0 Å². The van der Waals surface area contributed by atoms with Crippen molar-refractivity contribution in [3.63, 3.8) is 0 Å². The maximum Gasteiger partial charge on any atom is 0.410 e. The fourth-order valence-corrected chi connectivity index (χ4v) is 3.23. The fourth-order valence-electron chi connectivity index (χ4n) is 3.23. The van der Waals surface area contributed by atoms with Crippen LogP contribution in [0.25, 0.3) is 11.3 Å². The molecule has 27 heavy (non-hydrogen) atoms. The summed E-state index contributed by atoms with van der Waals surface area (Å²) < 4.78 is 7.40. The summed E-state index contributed by atoms with van der Waals surface area (Å²) >= 11 is 0. The zero-order valence-electron chi connectivity index (χ0n) is 16.7. The highest BCUT2D eigenvalue weighted by Gasteiger charge is 2.26. The van der Waals surface area contributed by atoms with Crippen molar-refractivity contribution in [3.05, 3.63) is 47.7 Å². The lowest BCUT2D eigenvalue weighted by molar-refractivity contribution is 0.0270. The second-order valence-corrected chi connectivity index (χ2v) is 7.73. The third-order valence-corrected chi connectivity index (χ3v) is 4.52. The van der Waals surface area contributed by atoms with E-state index in [9.17, 15) is 4.79 Å². The number of benzene rings is 1. The Kier molecular flexibility index (Phi) is 5.26. The molecular weight excluding hydrogens is 340 g/mol. The summed E-state index contributed by atoms with van der Waals surface area (Å²) in [5, 5.41) is 8.12. The van der Waals surface area contributed by atoms with E-state index in [4.69, 9.17) is 9.84 Å². The number of hydrogen-bond donors (Lipinski definition) is 1. The molecule has 0 radical (unpaired) electrons. The Morgan fingerprint density at radius 2 is 1.93 bits per heavy atom. The van der Waals surface area contributed by atoms with Gasteiger partial charge >= 0.3 is 6.09 Å². The Hall–Kier alpha value is -2.76. The van der Waals surface area contributed by atoms with Gasteiger partial charge in [-0.2, -0.15) is 5.10 Å². The minimum absolute atomic E-state index is 0.264. The van der Waals surface area contributed by atoms with Gasteiger partial charge in [0.2, 0.25) is 0 Å². The minimum atomic E-state index is -0.478. The van der Waals surface area contributed by atoms with E-state index in [0.717, 1.165) is 29.2 Å². The first-order chi connectivity index (χ1) is 12.8. The zero-order chi connectivity index (χ0) is 19.6. The number of ether oxygens (including phenoxy) is 1. The largest absolute Gasteiger partial charge is 0.444 e. The highest BCUT2D eigenvalue weighted by atomic mass is 16.6. The summed E-state index contributed by atoms with van der Waals surface area (Å²) in [6.45, 7) is 8.90. The Morgan fingerprint density at radius 3 is 2.48 bits per heavy atom. The van der Waals surface area contributed by atoms with Crippen LogP contribution in [0.2, 0.25) is 0 Å². The van der Waals surface area contributed by atoms with Crippen LogP contribution in [0.3, 0.4) is 0 Å². The van der Waals surface area contributed by atoms with Crippen LogP contribution in [0.5, 0.6) is 0 Å². The van der Waals surface area contributed by atoms with Crippen molar-refractivity contribution in [3.8, 4) is 5.69 Å². The van der Waals surface area contributed by atoms with Crippen molar-refractivity contribution in [2.24, 2.45) is 0 Å². The third-order valence-electron chi connectivity index (χ3n) is 4.52. The predicted octanol–water partition coefficient (Wildman–Crippen LogP) is 4.25. The van der Waals surface area contributed by atoms with Crippen LogP contribution in [0.1, 0.15) is 38.4 Å². The van der Waals surface area contributed by atoms with Crippen molar-refractivity contribution < 1.29 is 9.53 Å². The lowest BCUT2D eigenvalue weighted by Gasteiger charge is -2.29. The molecule has 1 aliphatic rings. The Bertz CT molecular complexity index is 847. The minimum Gasteiger partial charge on any atom is -0.444 e. The van der Waals surface area contributed by atoms with Gasteiger partial charge in [0.15, 0.2) is 0 Å². The monoisotopic (exact) mass is 368 g/mol. The van der Waals surface area contributed by atoms with Crippen molar-refractivity contribution in [1.82, 2.24) is 14.7 Å². The van der Waals surface area contributed by atoms with Crippen LogP contribution in [-0.2, 0) is 4.74 Å². The van der Waals surface area contributed by atoms with Crippen molar-refractivity contribution >= 4 is 17.5 Å². The van der Waals surface area contributed by atoms with Crippen LogP contribution < -0.4 is 5.32 Å². The lowest BCUT2D eigenvalue weighted by atomic mass is 10.0. The summed E-state index contributed by atoms with van der Waals surface area (Å²) in [7, 11) is 1.91. The number of aromatic nitrogens is 2. The number of nitrogens with zero attached hydrogens (tertiary/aromatic N) is 3. The predicted molar refractivity (Wildman–Crippen MR) is 108 cm³/mol. The number of anilines is 1. The van der Waals surface area contributed by atoms with Gasteiger partial charge in [-0.1, -0.05) is 24.3 Å². The highest BCUT2D eigenvalue weighted by Crippen LogP contribution is 2.30. The molecule has 2 aromatic rings. The average Bonchev–Trinajstić information content (AvgIpc) is 2.97. The molecule has 2 heterocycles. The van der Waals surface area contributed by atoms with Crippen LogP contribution in [0.4, 0.5) is 10.6 Å². The first-order valence-corrected chi connectivity index (χ1v) is 9.30. The second kappa shape index (κ2) is 7.47. The molecule has 1 aromatic carbocycles. The van der Waals surface area contributed by atoms with Gasteiger partial charge in [-0.3, -0.25) is 0 Å².